The molecule has 2 aliphatic rings. The Labute approximate surface area is 115 Å². The molecule has 1 amide bonds. The Morgan fingerprint density at radius 2 is 1.79 bits per heavy atom. The Kier molecular flexibility index (Phi) is 4.50. The van der Waals surface area contributed by atoms with E-state index in [0.717, 1.165) is 19.3 Å². The Morgan fingerprint density at radius 3 is 2.42 bits per heavy atom. The molecule has 1 saturated heterocycles. The van der Waals surface area contributed by atoms with Crippen molar-refractivity contribution in [2.75, 3.05) is 11.5 Å². The molecule has 0 spiro atoms. The van der Waals surface area contributed by atoms with Gasteiger partial charge in [0.2, 0.25) is 5.91 Å². The monoisotopic (exact) mass is 288 g/mol. The van der Waals surface area contributed by atoms with Crippen molar-refractivity contribution in [3.8, 4) is 0 Å². The molecule has 1 aliphatic heterocycles. The number of hydrogen-bond donors (Lipinski definition) is 2. The molecule has 0 aromatic carbocycles. The predicted octanol–water partition coefficient (Wildman–Crippen LogP) is 0.443. The van der Waals surface area contributed by atoms with E-state index in [4.69, 9.17) is 5.73 Å². The second kappa shape index (κ2) is 5.79. The van der Waals surface area contributed by atoms with E-state index in [-0.39, 0.29) is 35.4 Å². The van der Waals surface area contributed by atoms with Gasteiger partial charge in [0, 0.05) is 12.1 Å². The lowest BCUT2D eigenvalue weighted by molar-refractivity contribution is -0.127. The van der Waals surface area contributed by atoms with Gasteiger partial charge in [-0.2, -0.15) is 0 Å². The van der Waals surface area contributed by atoms with Gasteiger partial charge in [-0.25, -0.2) is 8.42 Å². The van der Waals surface area contributed by atoms with Gasteiger partial charge in [0.15, 0.2) is 0 Å². The van der Waals surface area contributed by atoms with Gasteiger partial charge in [-0.15, -0.1) is 0 Å². The van der Waals surface area contributed by atoms with Gasteiger partial charge in [-0.05, 0) is 31.6 Å². The van der Waals surface area contributed by atoms with Gasteiger partial charge >= 0.3 is 0 Å². The molecule has 6 heteroatoms. The number of hydrogen-bond acceptors (Lipinski definition) is 4. The van der Waals surface area contributed by atoms with Crippen molar-refractivity contribution in [3.63, 3.8) is 0 Å². The molecule has 3 atom stereocenters. The zero-order valence-electron chi connectivity index (χ0n) is 11.5. The number of rotatable bonds is 2. The van der Waals surface area contributed by atoms with Gasteiger partial charge in [-0.1, -0.05) is 13.3 Å². The SMILES string of the molecule is CC1CCCC(C(=O)NC2CCS(=O)(=O)CC2)C1N. The number of sulfone groups is 1. The van der Waals surface area contributed by atoms with Crippen LogP contribution < -0.4 is 11.1 Å². The first-order chi connectivity index (χ1) is 8.89. The summed E-state index contributed by atoms with van der Waals surface area (Å²) in [7, 11) is -2.87. The van der Waals surface area contributed by atoms with E-state index in [1.54, 1.807) is 0 Å². The summed E-state index contributed by atoms with van der Waals surface area (Å²) >= 11 is 0. The first-order valence-electron chi connectivity index (χ1n) is 7.15. The van der Waals surface area contributed by atoms with E-state index < -0.39 is 9.84 Å². The maximum Gasteiger partial charge on any atom is 0.224 e. The minimum Gasteiger partial charge on any atom is -0.353 e. The fourth-order valence-corrected chi connectivity index (χ4v) is 4.58. The summed E-state index contributed by atoms with van der Waals surface area (Å²) in [6.45, 7) is 2.09. The summed E-state index contributed by atoms with van der Waals surface area (Å²) in [5.74, 6) is 0.665. The first-order valence-corrected chi connectivity index (χ1v) is 8.97. The van der Waals surface area contributed by atoms with Crippen molar-refractivity contribution in [1.29, 1.82) is 0 Å². The highest BCUT2D eigenvalue weighted by atomic mass is 32.2. The Bertz CT molecular complexity index is 421. The molecule has 1 heterocycles. The van der Waals surface area contributed by atoms with Crippen LogP contribution in [0.1, 0.15) is 39.0 Å². The summed E-state index contributed by atoms with van der Waals surface area (Å²) in [5, 5.41) is 2.99. The van der Waals surface area contributed by atoms with E-state index in [1.165, 1.54) is 0 Å². The topological polar surface area (TPSA) is 89.3 Å². The third-order valence-corrected chi connectivity index (χ3v) is 6.25. The molecule has 2 fully saturated rings. The third-order valence-electron chi connectivity index (χ3n) is 4.53. The quantitative estimate of drug-likeness (QED) is 0.772. The van der Waals surface area contributed by atoms with Crippen molar-refractivity contribution in [2.45, 2.75) is 51.1 Å². The summed E-state index contributed by atoms with van der Waals surface area (Å²) < 4.78 is 22.7. The van der Waals surface area contributed by atoms with E-state index in [0.29, 0.717) is 18.8 Å². The Morgan fingerprint density at radius 1 is 1.16 bits per heavy atom. The van der Waals surface area contributed by atoms with Gasteiger partial charge in [0.05, 0.1) is 17.4 Å². The first kappa shape index (κ1) is 14.8. The highest BCUT2D eigenvalue weighted by molar-refractivity contribution is 7.91. The van der Waals surface area contributed by atoms with E-state index in [2.05, 4.69) is 12.2 Å². The zero-order valence-corrected chi connectivity index (χ0v) is 12.3. The lowest BCUT2D eigenvalue weighted by Crippen LogP contribution is -2.50. The molecular formula is C13H24N2O3S. The van der Waals surface area contributed by atoms with Crippen molar-refractivity contribution < 1.29 is 13.2 Å². The second-order valence-corrected chi connectivity index (χ2v) is 8.33. The summed E-state index contributed by atoms with van der Waals surface area (Å²) in [5.41, 5.74) is 6.11. The zero-order chi connectivity index (χ0) is 14.0. The molecule has 1 aliphatic carbocycles. The fourth-order valence-electron chi connectivity index (χ4n) is 3.09. The second-order valence-electron chi connectivity index (χ2n) is 6.03. The Hall–Kier alpha value is -0.620. The molecule has 0 aromatic heterocycles. The maximum absolute atomic E-state index is 12.2. The molecule has 5 nitrogen and oxygen atoms in total. The van der Waals surface area contributed by atoms with Crippen molar-refractivity contribution in [2.24, 2.45) is 17.6 Å². The van der Waals surface area contributed by atoms with Crippen LogP contribution in [0.15, 0.2) is 0 Å². The van der Waals surface area contributed by atoms with E-state index in [1.807, 2.05) is 0 Å². The summed E-state index contributed by atoms with van der Waals surface area (Å²) in [6, 6.07) is -0.0680. The highest BCUT2D eigenvalue weighted by Crippen LogP contribution is 2.28. The molecular weight excluding hydrogens is 264 g/mol. The van der Waals surface area contributed by atoms with Crippen molar-refractivity contribution >= 4 is 15.7 Å². The minimum absolute atomic E-state index is 0.000424. The molecule has 1 saturated carbocycles. The molecule has 3 unspecified atom stereocenters. The fraction of sp³-hybridized carbons (Fsp3) is 0.923. The smallest absolute Gasteiger partial charge is 0.224 e. The number of amides is 1. The van der Waals surface area contributed by atoms with Crippen molar-refractivity contribution in [3.05, 3.63) is 0 Å². The normalized spacial score (nSPS) is 35.8. The lowest BCUT2D eigenvalue weighted by Gasteiger charge is -2.34. The average molecular weight is 288 g/mol. The van der Waals surface area contributed by atoms with Gasteiger partial charge in [0.25, 0.3) is 0 Å². The van der Waals surface area contributed by atoms with Crippen molar-refractivity contribution in [1.82, 2.24) is 5.32 Å². The van der Waals surface area contributed by atoms with Crippen LogP contribution in [0.25, 0.3) is 0 Å². The number of carbonyl (C=O) groups is 1. The molecule has 110 valence electrons. The summed E-state index contributed by atoms with van der Waals surface area (Å²) in [6.07, 6.45) is 4.05. The predicted molar refractivity (Wildman–Crippen MR) is 74.3 cm³/mol. The molecule has 0 radical (unpaired) electrons. The molecule has 19 heavy (non-hydrogen) atoms. The molecule has 2 rings (SSSR count). The average Bonchev–Trinajstić information content (AvgIpc) is 2.35. The number of carbonyl (C=O) groups excluding carboxylic acids is 1. The van der Waals surface area contributed by atoms with E-state index in [9.17, 15) is 13.2 Å². The third kappa shape index (κ3) is 3.69. The lowest BCUT2D eigenvalue weighted by atomic mass is 9.77. The highest BCUT2D eigenvalue weighted by Gasteiger charge is 2.34. The maximum atomic E-state index is 12.2. The number of nitrogens with two attached hydrogens (primary N) is 1. The van der Waals surface area contributed by atoms with Crippen LogP contribution in [0.4, 0.5) is 0 Å². The van der Waals surface area contributed by atoms with Gasteiger partial charge in [0.1, 0.15) is 9.84 Å². The van der Waals surface area contributed by atoms with Gasteiger partial charge < -0.3 is 11.1 Å². The largest absolute Gasteiger partial charge is 0.353 e. The van der Waals surface area contributed by atoms with Crippen LogP contribution in [-0.2, 0) is 14.6 Å². The van der Waals surface area contributed by atoms with Crippen LogP contribution in [0.5, 0.6) is 0 Å². The van der Waals surface area contributed by atoms with Crippen LogP contribution >= 0.6 is 0 Å². The standard InChI is InChI=1S/C13H24N2O3S/c1-9-3-2-4-11(12(9)14)13(16)15-10-5-7-19(17,18)8-6-10/h9-12H,2-8,14H2,1H3,(H,15,16). The van der Waals surface area contributed by atoms with E-state index >= 15 is 0 Å². The van der Waals surface area contributed by atoms with Crippen LogP contribution in [0.3, 0.4) is 0 Å². The minimum atomic E-state index is -2.87. The number of nitrogens with one attached hydrogen (secondary N) is 1. The molecule has 3 N–H and O–H groups in total. The summed E-state index contributed by atoms with van der Waals surface area (Å²) in [4.78, 5) is 12.2. The van der Waals surface area contributed by atoms with Crippen LogP contribution in [-0.4, -0.2) is 37.9 Å². The van der Waals surface area contributed by atoms with Gasteiger partial charge in [-0.3, -0.25) is 4.79 Å². The van der Waals surface area contributed by atoms with Crippen LogP contribution in [0.2, 0.25) is 0 Å². The molecule has 0 aromatic rings. The molecule has 0 bridgehead atoms. The Balaban J connectivity index is 1.87. The van der Waals surface area contributed by atoms with Crippen LogP contribution in [0, 0.1) is 11.8 Å².